The van der Waals surface area contributed by atoms with Gasteiger partial charge in [0, 0.05) is 16.8 Å². The van der Waals surface area contributed by atoms with Crippen LogP contribution in [0.25, 0.3) is 0 Å². The van der Waals surface area contributed by atoms with Crippen molar-refractivity contribution < 1.29 is 0 Å². The number of para-hydroxylation sites is 1. The summed E-state index contributed by atoms with van der Waals surface area (Å²) in [7, 11) is 0. The van der Waals surface area contributed by atoms with Gasteiger partial charge >= 0.3 is 0 Å². The Morgan fingerprint density at radius 3 is 1.90 bits per heavy atom. The zero-order valence-electron chi connectivity index (χ0n) is 23.9. The van der Waals surface area contributed by atoms with Crippen LogP contribution < -0.4 is 21.3 Å². The summed E-state index contributed by atoms with van der Waals surface area (Å²) in [6, 6.07) is 46.3. The molecule has 5 aromatic carbocycles. The average molecular weight is 528 g/mol. The van der Waals surface area contributed by atoms with Gasteiger partial charge in [0.15, 0.2) is 0 Å². The molecule has 0 saturated heterocycles. The maximum atomic E-state index is 2.82. The Kier molecular flexibility index (Phi) is 4.64. The second kappa shape index (κ2) is 8.04. The van der Waals surface area contributed by atoms with Gasteiger partial charge < -0.3 is 4.90 Å². The Hall–Kier alpha value is -4.04. The molecule has 2 atom stereocenters. The van der Waals surface area contributed by atoms with Crippen LogP contribution in [0.4, 0.5) is 11.4 Å². The van der Waals surface area contributed by atoms with E-state index in [1.165, 1.54) is 75.7 Å². The van der Waals surface area contributed by atoms with Gasteiger partial charge in [-0.2, -0.15) is 0 Å². The average Bonchev–Trinajstić information content (AvgIpc) is 3.24. The molecule has 1 nitrogen and oxygen atoms in total. The Bertz CT molecular complexity index is 1800. The van der Waals surface area contributed by atoms with Crippen LogP contribution in [0.5, 0.6) is 0 Å². The van der Waals surface area contributed by atoms with Gasteiger partial charge in [-0.15, -0.1) is 0 Å². The molecule has 4 aliphatic rings. The van der Waals surface area contributed by atoms with Crippen molar-refractivity contribution in [2.45, 2.75) is 55.9 Å². The lowest BCUT2D eigenvalue weighted by Crippen LogP contribution is -2.67. The Morgan fingerprint density at radius 1 is 0.561 bits per heavy atom. The number of hydrogen-bond acceptors (Lipinski definition) is 1. The van der Waals surface area contributed by atoms with Gasteiger partial charge in [0.05, 0.1) is 11.0 Å². The van der Waals surface area contributed by atoms with Gasteiger partial charge in [-0.05, 0) is 64.6 Å². The third-order valence-corrected chi connectivity index (χ3v) is 11.6. The number of fused-ring (bicyclic) bond motifs is 7. The fourth-order valence-electron chi connectivity index (χ4n) is 9.66. The van der Waals surface area contributed by atoms with Crippen LogP contribution in [-0.4, -0.2) is 12.3 Å². The van der Waals surface area contributed by atoms with Crippen LogP contribution in [0, 0.1) is 0 Å². The summed E-state index contributed by atoms with van der Waals surface area (Å²) in [5.74, 6) is 0. The molecular weight excluding hydrogens is 493 g/mol. The summed E-state index contributed by atoms with van der Waals surface area (Å²) in [6.45, 7) is 5.34. The zero-order chi connectivity index (χ0) is 27.4. The number of rotatable bonds is 2. The first-order valence-corrected chi connectivity index (χ1v) is 15.4. The maximum absolute atomic E-state index is 2.82. The van der Waals surface area contributed by atoms with Crippen molar-refractivity contribution in [1.29, 1.82) is 0 Å². The molecule has 0 amide bonds. The van der Waals surface area contributed by atoms with Crippen LogP contribution >= 0.6 is 0 Å². The van der Waals surface area contributed by atoms with Crippen molar-refractivity contribution in [3.8, 4) is 0 Å². The lowest BCUT2D eigenvalue weighted by atomic mass is 9.29. The van der Waals surface area contributed by atoms with Crippen molar-refractivity contribution >= 4 is 34.5 Å². The van der Waals surface area contributed by atoms with Crippen LogP contribution in [0.1, 0.15) is 67.3 Å². The van der Waals surface area contributed by atoms with Gasteiger partial charge in [0.2, 0.25) is 6.71 Å². The molecule has 3 aliphatic heterocycles. The lowest BCUT2D eigenvalue weighted by Gasteiger charge is -2.53. The van der Waals surface area contributed by atoms with E-state index >= 15 is 0 Å². The number of nitrogens with zero attached hydrogens (tertiary/aromatic N) is 1. The van der Waals surface area contributed by atoms with Gasteiger partial charge in [0.25, 0.3) is 0 Å². The smallest absolute Gasteiger partial charge is 0.247 e. The molecule has 1 fully saturated rings. The number of hydrogen-bond donors (Lipinski definition) is 0. The van der Waals surface area contributed by atoms with Crippen molar-refractivity contribution in [3.05, 3.63) is 149 Å². The Labute approximate surface area is 244 Å². The Morgan fingerprint density at radius 2 is 1.15 bits per heavy atom. The largest absolute Gasteiger partial charge is 0.335 e. The van der Waals surface area contributed by atoms with Crippen molar-refractivity contribution in [2.75, 3.05) is 4.90 Å². The van der Waals surface area contributed by atoms with Crippen LogP contribution in [0.2, 0.25) is 0 Å². The van der Waals surface area contributed by atoms with Crippen LogP contribution in [0.3, 0.4) is 0 Å². The molecule has 9 rings (SSSR count). The van der Waals surface area contributed by atoms with E-state index in [9.17, 15) is 0 Å². The van der Waals surface area contributed by atoms with E-state index in [-0.39, 0.29) is 17.7 Å². The van der Waals surface area contributed by atoms with Crippen molar-refractivity contribution in [1.82, 2.24) is 0 Å². The SMILES string of the molecule is CC12CCCCC1(C)N1c3cccc4c3B(c3ccccc3C4(c3ccccc3)c3ccccc3)c3cccc2c31. The fraction of sp³-hybridized carbons (Fsp3) is 0.231. The van der Waals surface area contributed by atoms with E-state index in [4.69, 9.17) is 0 Å². The Balaban J connectivity index is 1.46. The molecule has 5 aromatic rings. The predicted octanol–water partition coefficient (Wildman–Crippen LogP) is 6.95. The summed E-state index contributed by atoms with van der Waals surface area (Å²) in [5, 5.41) is 0. The molecule has 0 spiro atoms. The molecule has 198 valence electrons. The fourth-order valence-corrected chi connectivity index (χ4v) is 9.66. The minimum Gasteiger partial charge on any atom is -0.335 e. The summed E-state index contributed by atoms with van der Waals surface area (Å²) < 4.78 is 0. The molecule has 41 heavy (non-hydrogen) atoms. The highest BCUT2D eigenvalue weighted by molar-refractivity contribution is 6.99. The van der Waals surface area contributed by atoms with E-state index in [1.54, 1.807) is 5.56 Å². The monoisotopic (exact) mass is 527 g/mol. The van der Waals surface area contributed by atoms with Gasteiger partial charge in [-0.3, -0.25) is 0 Å². The first-order chi connectivity index (χ1) is 20.1. The molecule has 1 aliphatic carbocycles. The van der Waals surface area contributed by atoms with Crippen molar-refractivity contribution in [3.63, 3.8) is 0 Å². The van der Waals surface area contributed by atoms with E-state index in [0.717, 1.165) is 0 Å². The zero-order valence-corrected chi connectivity index (χ0v) is 23.9. The van der Waals surface area contributed by atoms with E-state index in [1.807, 2.05) is 0 Å². The molecule has 0 bridgehead atoms. The summed E-state index contributed by atoms with van der Waals surface area (Å²) in [4.78, 5) is 2.82. The first kappa shape index (κ1) is 23.6. The van der Waals surface area contributed by atoms with E-state index in [2.05, 4.69) is 140 Å². The highest BCUT2D eigenvalue weighted by atomic mass is 15.3. The molecule has 0 aromatic heterocycles. The number of anilines is 2. The van der Waals surface area contributed by atoms with E-state index in [0.29, 0.717) is 0 Å². The molecule has 3 heterocycles. The third-order valence-electron chi connectivity index (χ3n) is 11.6. The predicted molar refractivity (Wildman–Crippen MR) is 172 cm³/mol. The quantitative estimate of drug-likeness (QED) is 0.220. The highest BCUT2D eigenvalue weighted by Crippen LogP contribution is 2.61. The van der Waals surface area contributed by atoms with Gasteiger partial charge in [0.1, 0.15) is 0 Å². The molecule has 0 radical (unpaired) electrons. The van der Waals surface area contributed by atoms with E-state index < -0.39 is 5.41 Å². The first-order valence-electron chi connectivity index (χ1n) is 15.4. The highest BCUT2D eigenvalue weighted by Gasteiger charge is 2.62. The molecular formula is C39H34BN. The third kappa shape index (κ3) is 2.66. The van der Waals surface area contributed by atoms with Crippen molar-refractivity contribution in [2.24, 2.45) is 0 Å². The van der Waals surface area contributed by atoms with Crippen LogP contribution in [0.15, 0.2) is 121 Å². The minimum absolute atomic E-state index is 0.0584. The topological polar surface area (TPSA) is 3.24 Å². The lowest BCUT2D eigenvalue weighted by molar-refractivity contribution is 0.195. The second-order valence-corrected chi connectivity index (χ2v) is 13.1. The molecule has 1 saturated carbocycles. The van der Waals surface area contributed by atoms with Crippen LogP contribution in [-0.2, 0) is 10.8 Å². The summed E-state index contributed by atoms with van der Waals surface area (Å²) in [5.41, 5.74) is 14.2. The van der Waals surface area contributed by atoms with Gasteiger partial charge in [-0.25, -0.2) is 0 Å². The summed E-state index contributed by atoms with van der Waals surface area (Å²) >= 11 is 0. The molecule has 2 heteroatoms. The second-order valence-electron chi connectivity index (χ2n) is 13.1. The van der Waals surface area contributed by atoms with Gasteiger partial charge in [-0.1, -0.05) is 140 Å². The molecule has 2 unspecified atom stereocenters. The maximum Gasteiger partial charge on any atom is 0.247 e. The summed E-state index contributed by atoms with van der Waals surface area (Å²) in [6.07, 6.45) is 5.09. The standard InChI is InChI=1S/C39H34BN/c1-37-25-11-12-26-38(37,2)41-34-24-14-20-30-35(34)40(33-23-13-21-31(37)36(33)41)32-22-10-9-19-29(32)39(30,27-15-5-3-6-16-27)28-17-7-4-8-18-28/h3-10,13-24H,11-12,25-26H2,1-2H3. The molecule has 0 N–H and O–H groups in total. The normalized spacial score (nSPS) is 24.2. The number of benzene rings is 5. The minimum atomic E-state index is -0.396.